The number of aliphatic hydroxyl groups excluding tert-OH is 2. The third-order valence-corrected chi connectivity index (χ3v) is 13.3. The molecule has 0 radical (unpaired) electrons. The highest BCUT2D eigenvalue weighted by molar-refractivity contribution is 5.27. The molecule has 0 aromatic carbocycles. The number of fused-ring (bicyclic) bond motifs is 4. The Morgan fingerprint density at radius 3 is 2.41 bits per heavy atom. The normalized spacial score (nSPS) is 59.9. The SMILES string of the molecule is C=C[C@]1(C)C(O)CC[C@@]2(C)C1CC[C@]1(C)C2CCC2C3[C@@H](O)[C@H](C=C(C)C)CC[C@@]34CC21CO4. The summed E-state index contributed by atoms with van der Waals surface area (Å²) in [4.78, 5) is 0. The van der Waals surface area contributed by atoms with Crippen molar-refractivity contribution in [1.82, 2.24) is 0 Å². The molecule has 2 bridgehead atoms. The van der Waals surface area contributed by atoms with Crippen molar-refractivity contribution in [3.63, 3.8) is 0 Å². The Kier molecular flexibility index (Phi) is 5.05. The summed E-state index contributed by atoms with van der Waals surface area (Å²) in [5, 5.41) is 22.8. The molecule has 6 fully saturated rings. The van der Waals surface area contributed by atoms with Crippen molar-refractivity contribution in [3.05, 3.63) is 24.3 Å². The van der Waals surface area contributed by atoms with Crippen LogP contribution < -0.4 is 0 Å². The van der Waals surface area contributed by atoms with Crippen LogP contribution in [0.15, 0.2) is 24.3 Å². The van der Waals surface area contributed by atoms with Crippen molar-refractivity contribution in [2.45, 2.75) is 110 Å². The number of hydrogen-bond acceptors (Lipinski definition) is 3. The van der Waals surface area contributed by atoms with Gasteiger partial charge in [0.15, 0.2) is 0 Å². The molecular weight excluding hydrogens is 420 g/mol. The molecule has 6 rings (SSSR count). The summed E-state index contributed by atoms with van der Waals surface area (Å²) in [6, 6.07) is 0. The van der Waals surface area contributed by atoms with Gasteiger partial charge in [-0.3, -0.25) is 0 Å². The van der Waals surface area contributed by atoms with Gasteiger partial charge in [0.05, 0.1) is 24.4 Å². The lowest BCUT2D eigenvalue weighted by molar-refractivity contribution is -0.247. The van der Waals surface area contributed by atoms with Gasteiger partial charge in [0.2, 0.25) is 0 Å². The zero-order chi connectivity index (χ0) is 24.3. The van der Waals surface area contributed by atoms with E-state index in [2.05, 4.69) is 53.3 Å². The van der Waals surface area contributed by atoms with Gasteiger partial charge < -0.3 is 14.9 Å². The van der Waals surface area contributed by atoms with Crippen LogP contribution in [-0.4, -0.2) is 34.6 Å². The maximum atomic E-state index is 11.7. The fourth-order valence-electron chi connectivity index (χ4n) is 11.8. The first-order valence-corrected chi connectivity index (χ1v) is 14.3. The number of ether oxygens (including phenoxy) is 1. The molecule has 3 heteroatoms. The molecule has 190 valence electrons. The first-order chi connectivity index (χ1) is 16.0. The Morgan fingerprint density at radius 1 is 0.941 bits per heavy atom. The Morgan fingerprint density at radius 2 is 1.71 bits per heavy atom. The van der Waals surface area contributed by atoms with Crippen LogP contribution >= 0.6 is 0 Å². The fraction of sp³-hybridized carbons (Fsp3) is 0.871. The molecule has 1 saturated heterocycles. The van der Waals surface area contributed by atoms with Gasteiger partial charge in [-0.05, 0) is 100 Å². The molecule has 1 aliphatic heterocycles. The van der Waals surface area contributed by atoms with E-state index in [1.165, 1.54) is 37.7 Å². The largest absolute Gasteiger partial charge is 0.392 e. The Hall–Kier alpha value is -0.640. The van der Waals surface area contributed by atoms with Crippen molar-refractivity contribution in [2.75, 3.05) is 6.61 Å². The first-order valence-electron chi connectivity index (χ1n) is 14.3. The molecule has 34 heavy (non-hydrogen) atoms. The fourth-order valence-corrected chi connectivity index (χ4v) is 11.8. The van der Waals surface area contributed by atoms with Crippen LogP contribution in [0.4, 0.5) is 0 Å². The van der Waals surface area contributed by atoms with E-state index in [1.54, 1.807) is 0 Å². The van der Waals surface area contributed by atoms with Gasteiger partial charge in [-0.1, -0.05) is 38.5 Å². The van der Waals surface area contributed by atoms with Gasteiger partial charge in [0.25, 0.3) is 0 Å². The van der Waals surface area contributed by atoms with Crippen LogP contribution in [0.1, 0.15) is 92.4 Å². The minimum absolute atomic E-state index is 0.0931. The van der Waals surface area contributed by atoms with Gasteiger partial charge in [0, 0.05) is 22.7 Å². The van der Waals surface area contributed by atoms with E-state index in [0.717, 1.165) is 32.3 Å². The van der Waals surface area contributed by atoms with Gasteiger partial charge in [-0.15, -0.1) is 6.58 Å². The summed E-state index contributed by atoms with van der Waals surface area (Å²) in [5.74, 6) is 2.33. The van der Waals surface area contributed by atoms with Crippen LogP contribution in [-0.2, 0) is 4.74 Å². The predicted molar refractivity (Wildman–Crippen MR) is 136 cm³/mol. The third kappa shape index (κ3) is 2.60. The second-order valence-electron chi connectivity index (χ2n) is 14.5. The number of aliphatic hydroxyl groups is 2. The van der Waals surface area contributed by atoms with Gasteiger partial charge in [-0.25, -0.2) is 0 Å². The topological polar surface area (TPSA) is 49.7 Å². The van der Waals surface area contributed by atoms with Gasteiger partial charge in [-0.2, -0.15) is 0 Å². The molecule has 0 amide bonds. The second-order valence-corrected chi connectivity index (χ2v) is 14.5. The lowest BCUT2D eigenvalue weighted by atomic mass is 9.35. The van der Waals surface area contributed by atoms with Crippen LogP contribution in [0.3, 0.4) is 0 Å². The molecular formula is C31H48O3. The molecule has 5 saturated carbocycles. The van der Waals surface area contributed by atoms with E-state index in [-0.39, 0.29) is 45.4 Å². The average molecular weight is 469 g/mol. The maximum Gasteiger partial charge on any atom is 0.0745 e. The summed E-state index contributed by atoms with van der Waals surface area (Å²) in [5.41, 5.74) is 1.73. The molecule has 0 aromatic rings. The summed E-state index contributed by atoms with van der Waals surface area (Å²) in [6.07, 6.45) is 14.2. The molecule has 1 heterocycles. The predicted octanol–water partition coefficient (Wildman–Crippen LogP) is 6.29. The van der Waals surface area contributed by atoms with Crippen molar-refractivity contribution in [3.8, 4) is 0 Å². The van der Waals surface area contributed by atoms with Crippen molar-refractivity contribution >= 4 is 0 Å². The standard InChI is InChI=1S/C31H48O3/c1-7-27(4)22-11-14-29(6)23(28(22,5)13-12-24(27)32)9-8-21-25-26(33)20(16-19(2)3)10-15-31(25)17-30(21,29)18-34-31/h7,16,20-26,32-33H,1,8-15,17-18H2,2-6H3/t20-,21?,22?,23?,24?,25?,26-,27-,28-,29+,30?,31+/m0/s1. The summed E-state index contributed by atoms with van der Waals surface area (Å²) in [7, 11) is 0. The van der Waals surface area contributed by atoms with Gasteiger partial charge in [0.1, 0.15) is 0 Å². The number of allylic oxidation sites excluding steroid dienone is 1. The molecule has 6 aliphatic rings. The van der Waals surface area contributed by atoms with E-state index in [0.29, 0.717) is 23.7 Å². The van der Waals surface area contributed by atoms with E-state index < -0.39 is 0 Å². The van der Waals surface area contributed by atoms with Crippen LogP contribution in [0.2, 0.25) is 0 Å². The van der Waals surface area contributed by atoms with E-state index >= 15 is 0 Å². The van der Waals surface area contributed by atoms with Crippen molar-refractivity contribution in [2.24, 2.45) is 51.2 Å². The minimum Gasteiger partial charge on any atom is -0.392 e. The highest BCUT2D eigenvalue weighted by atomic mass is 16.5. The Bertz CT molecular complexity index is 906. The lowest BCUT2D eigenvalue weighted by Gasteiger charge is -2.70. The summed E-state index contributed by atoms with van der Waals surface area (Å²) in [6.45, 7) is 16.9. The molecule has 2 N–H and O–H groups in total. The van der Waals surface area contributed by atoms with E-state index in [4.69, 9.17) is 4.74 Å². The Labute approximate surface area is 207 Å². The molecule has 3 nitrogen and oxygen atoms in total. The summed E-state index contributed by atoms with van der Waals surface area (Å²) >= 11 is 0. The Balaban J connectivity index is 1.39. The summed E-state index contributed by atoms with van der Waals surface area (Å²) < 4.78 is 6.85. The monoisotopic (exact) mass is 468 g/mol. The molecule has 5 aliphatic carbocycles. The highest BCUT2D eigenvalue weighted by Gasteiger charge is 2.78. The van der Waals surface area contributed by atoms with Crippen LogP contribution in [0, 0.1) is 51.2 Å². The number of rotatable bonds is 2. The third-order valence-electron chi connectivity index (χ3n) is 13.3. The maximum absolute atomic E-state index is 11.7. The van der Waals surface area contributed by atoms with Crippen molar-refractivity contribution in [1.29, 1.82) is 0 Å². The smallest absolute Gasteiger partial charge is 0.0745 e. The van der Waals surface area contributed by atoms with Crippen LogP contribution in [0.5, 0.6) is 0 Å². The zero-order valence-corrected chi connectivity index (χ0v) is 22.3. The minimum atomic E-state index is -0.267. The van der Waals surface area contributed by atoms with Crippen molar-refractivity contribution < 1.29 is 14.9 Å². The van der Waals surface area contributed by atoms with Gasteiger partial charge >= 0.3 is 0 Å². The van der Waals surface area contributed by atoms with Crippen LogP contribution in [0.25, 0.3) is 0 Å². The first kappa shape index (κ1) is 23.7. The molecule has 0 aromatic heterocycles. The molecule has 12 atom stereocenters. The highest BCUT2D eigenvalue weighted by Crippen LogP contribution is 2.80. The quantitative estimate of drug-likeness (QED) is 0.468. The lowest BCUT2D eigenvalue weighted by Crippen LogP contribution is -2.66. The average Bonchev–Trinajstić information content (AvgIpc) is 3.31. The molecule has 6 unspecified atom stereocenters. The second kappa shape index (κ2) is 7.23. The number of hydrogen-bond donors (Lipinski definition) is 2. The van der Waals surface area contributed by atoms with E-state index in [9.17, 15) is 10.2 Å². The zero-order valence-electron chi connectivity index (χ0n) is 22.3. The molecule has 2 spiro atoms. The van der Waals surface area contributed by atoms with E-state index in [1.807, 2.05) is 0 Å².